The van der Waals surface area contributed by atoms with Crippen LogP contribution in [-0.4, -0.2) is 32.9 Å². The highest BCUT2D eigenvalue weighted by atomic mass is 16.6. The Morgan fingerprint density at radius 1 is 1.08 bits per heavy atom. The van der Waals surface area contributed by atoms with E-state index in [4.69, 9.17) is 4.74 Å². The van der Waals surface area contributed by atoms with Crippen LogP contribution in [0.5, 0.6) is 11.6 Å². The molecule has 4 aliphatic carbocycles. The number of nitro groups is 1. The van der Waals surface area contributed by atoms with E-state index in [1.807, 2.05) is 12.1 Å². The van der Waals surface area contributed by atoms with E-state index in [1.165, 1.54) is 69.4 Å². The highest BCUT2D eigenvalue weighted by Gasteiger charge is 2.51. The van der Waals surface area contributed by atoms with Gasteiger partial charge in [0.2, 0.25) is 5.88 Å². The number of hydrogen-bond donors (Lipinski definition) is 2. The molecule has 0 saturated heterocycles. The maximum atomic E-state index is 12.7. The van der Waals surface area contributed by atoms with Crippen molar-refractivity contribution >= 4 is 17.6 Å². The molecule has 196 valence electrons. The minimum Gasteiger partial charge on any atom is -0.496 e. The summed E-state index contributed by atoms with van der Waals surface area (Å²) in [5.74, 6) is 2.09. The third-order valence-electron chi connectivity index (χ3n) is 8.61. The lowest BCUT2D eigenvalue weighted by molar-refractivity contribution is -0.384. The number of rotatable bonds is 6. The molecule has 0 atom stereocenters. The van der Waals surface area contributed by atoms with E-state index >= 15 is 0 Å². The second-order valence-corrected chi connectivity index (χ2v) is 10.9. The number of aromatic nitrogens is 2. The molecule has 0 spiro atoms. The molecule has 0 amide bonds. The summed E-state index contributed by atoms with van der Waals surface area (Å²) in [5.41, 5.74) is -0.433. The van der Waals surface area contributed by atoms with Crippen LogP contribution in [0.3, 0.4) is 0 Å². The summed E-state index contributed by atoms with van der Waals surface area (Å²) in [5, 5.41) is 22.4. The molecule has 38 heavy (non-hydrogen) atoms. The smallest absolute Gasteiger partial charge is 0.335 e. The average molecular weight is 517 g/mol. The number of ether oxygens (including phenoxy) is 1. The number of nitro benzene ring substituents is 1. The second kappa shape index (κ2) is 8.97. The number of hydrogen-bond acceptors (Lipinski definition) is 7. The van der Waals surface area contributed by atoms with Crippen molar-refractivity contribution in [3.63, 3.8) is 0 Å². The number of benzene rings is 2. The van der Waals surface area contributed by atoms with Crippen molar-refractivity contribution in [3.8, 4) is 17.3 Å². The van der Waals surface area contributed by atoms with E-state index in [9.17, 15) is 24.8 Å². The number of aromatic hydroxyl groups is 1. The maximum absolute atomic E-state index is 12.7. The molecule has 4 bridgehead atoms. The Morgan fingerprint density at radius 3 is 2.29 bits per heavy atom. The first-order valence-corrected chi connectivity index (χ1v) is 12.8. The van der Waals surface area contributed by atoms with Gasteiger partial charge in [-0.2, -0.15) is 0 Å². The summed E-state index contributed by atoms with van der Waals surface area (Å²) in [6.07, 6.45) is 8.69. The van der Waals surface area contributed by atoms with Crippen LogP contribution in [0.4, 0.5) is 11.4 Å². The first kappa shape index (κ1) is 24.1. The molecule has 0 radical (unpaired) electrons. The zero-order valence-corrected chi connectivity index (χ0v) is 20.9. The van der Waals surface area contributed by atoms with Crippen molar-refractivity contribution in [2.45, 2.75) is 43.9 Å². The Hall–Kier alpha value is -4.21. The van der Waals surface area contributed by atoms with Crippen LogP contribution in [0.1, 0.15) is 49.7 Å². The fraction of sp³-hybridized carbons (Fsp3) is 0.393. The van der Waals surface area contributed by atoms with Gasteiger partial charge in [0.05, 0.1) is 23.8 Å². The minimum absolute atomic E-state index is 0.0349. The van der Waals surface area contributed by atoms with Crippen LogP contribution in [0.25, 0.3) is 5.69 Å². The minimum atomic E-state index is -0.853. The molecule has 4 aliphatic rings. The van der Waals surface area contributed by atoms with Crippen LogP contribution in [-0.2, 0) is 5.41 Å². The van der Waals surface area contributed by atoms with Gasteiger partial charge >= 0.3 is 5.69 Å². The van der Waals surface area contributed by atoms with Crippen LogP contribution >= 0.6 is 0 Å². The molecule has 3 aromatic rings. The van der Waals surface area contributed by atoms with Crippen molar-refractivity contribution in [1.29, 1.82) is 0 Å². The molecule has 10 heteroatoms. The number of H-pyrrole nitrogens is 1. The first-order chi connectivity index (χ1) is 18.3. The zero-order valence-electron chi connectivity index (χ0n) is 20.9. The summed E-state index contributed by atoms with van der Waals surface area (Å²) in [4.78, 5) is 42.3. The topological polar surface area (TPSA) is 140 Å². The number of aromatic amines is 1. The van der Waals surface area contributed by atoms with E-state index in [0.717, 1.165) is 28.5 Å². The SMILES string of the molecule is COc1ccc(N=Cc2c(O)n(-c3ccc(C45CC6CC(CC(C6)C4)C5)cc3)c(=O)[nH]c2=O)c([N+](=O)[O-])c1. The van der Waals surface area contributed by atoms with Gasteiger partial charge in [0.25, 0.3) is 11.2 Å². The summed E-state index contributed by atoms with van der Waals surface area (Å²) >= 11 is 0. The Bertz CT molecular complexity index is 1530. The van der Waals surface area contributed by atoms with Gasteiger partial charge in [-0.15, -0.1) is 0 Å². The van der Waals surface area contributed by atoms with Gasteiger partial charge in [0, 0.05) is 6.21 Å². The van der Waals surface area contributed by atoms with Crippen molar-refractivity contribution in [1.82, 2.24) is 9.55 Å². The largest absolute Gasteiger partial charge is 0.496 e. The Morgan fingerprint density at radius 2 is 1.71 bits per heavy atom. The quantitative estimate of drug-likeness (QED) is 0.283. The molecule has 0 aliphatic heterocycles. The number of nitrogens with zero attached hydrogens (tertiary/aromatic N) is 3. The molecule has 0 unspecified atom stereocenters. The average Bonchev–Trinajstić information content (AvgIpc) is 2.88. The zero-order chi connectivity index (χ0) is 26.6. The van der Waals surface area contributed by atoms with E-state index in [-0.39, 0.29) is 28.1 Å². The molecule has 1 aromatic heterocycles. The number of methoxy groups -OCH3 is 1. The van der Waals surface area contributed by atoms with Crippen molar-refractivity contribution in [2.75, 3.05) is 7.11 Å². The fourth-order valence-electron chi connectivity index (χ4n) is 7.34. The fourth-order valence-corrected chi connectivity index (χ4v) is 7.34. The molecule has 10 nitrogen and oxygen atoms in total. The van der Waals surface area contributed by atoms with Crippen molar-refractivity contribution in [2.24, 2.45) is 22.7 Å². The van der Waals surface area contributed by atoms with E-state index in [1.54, 1.807) is 12.1 Å². The molecule has 4 saturated carbocycles. The van der Waals surface area contributed by atoms with Gasteiger partial charge in [-0.1, -0.05) is 12.1 Å². The highest BCUT2D eigenvalue weighted by Crippen LogP contribution is 2.60. The maximum Gasteiger partial charge on any atom is 0.335 e. The summed E-state index contributed by atoms with van der Waals surface area (Å²) < 4.78 is 6.03. The van der Waals surface area contributed by atoms with Gasteiger partial charge < -0.3 is 9.84 Å². The second-order valence-electron chi connectivity index (χ2n) is 10.9. The lowest BCUT2D eigenvalue weighted by atomic mass is 9.48. The van der Waals surface area contributed by atoms with Crippen LogP contribution in [0, 0.1) is 27.9 Å². The normalized spacial score (nSPS) is 25.7. The van der Waals surface area contributed by atoms with Gasteiger partial charge in [-0.3, -0.25) is 19.9 Å². The lowest BCUT2D eigenvalue weighted by Gasteiger charge is -2.57. The monoisotopic (exact) mass is 516 g/mol. The van der Waals surface area contributed by atoms with Crippen LogP contribution < -0.4 is 16.0 Å². The third-order valence-corrected chi connectivity index (χ3v) is 8.61. The predicted molar refractivity (Wildman–Crippen MR) is 141 cm³/mol. The predicted octanol–water partition coefficient (Wildman–Crippen LogP) is 4.37. The third kappa shape index (κ3) is 4.00. The lowest BCUT2D eigenvalue weighted by Crippen LogP contribution is -2.48. The molecular weight excluding hydrogens is 488 g/mol. The Balaban J connectivity index is 1.34. The number of aliphatic imine (C=N–C) groups is 1. The molecule has 1 heterocycles. The van der Waals surface area contributed by atoms with Gasteiger partial charge in [-0.25, -0.2) is 14.4 Å². The van der Waals surface area contributed by atoms with Gasteiger partial charge in [0.15, 0.2) is 0 Å². The van der Waals surface area contributed by atoms with Crippen molar-refractivity contribution in [3.05, 3.63) is 84.5 Å². The van der Waals surface area contributed by atoms with E-state index < -0.39 is 22.1 Å². The highest BCUT2D eigenvalue weighted by molar-refractivity contribution is 5.85. The molecule has 4 fully saturated rings. The van der Waals surface area contributed by atoms with Gasteiger partial charge in [0.1, 0.15) is 17.0 Å². The van der Waals surface area contributed by atoms with Gasteiger partial charge in [-0.05, 0) is 91.5 Å². The number of nitrogens with one attached hydrogen (secondary N) is 1. The summed E-state index contributed by atoms with van der Waals surface area (Å²) in [6, 6.07) is 11.7. The Labute approximate surface area is 217 Å². The van der Waals surface area contributed by atoms with Crippen LogP contribution in [0.2, 0.25) is 0 Å². The molecular formula is C28H28N4O6. The molecule has 2 aromatic carbocycles. The standard InChI is InChI=1S/C28H28N4O6/c1-38-21-6-7-23(24(11-21)32(36)37)29-15-22-25(33)30-27(35)31(26(22)34)20-4-2-19(3-5-20)28-12-16-8-17(13-28)10-18(9-16)14-28/h2-7,11,15-18,34H,8-10,12-14H2,1H3,(H,30,33,35). The summed E-state index contributed by atoms with van der Waals surface area (Å²) in [7, 11) is 1.39. The first-order valence-electron chi connectivity index (χ1n) is 12.8. The molecule has 2 N–H and O–H groups in total. The summed E-state index contributed by atoms with van der Waals surface area (Å²) in [6.45, 7) is 0. The molecule has 7 rings (SSSR count). The van der Waals surface area contributed by atoms with Crippen molar-refractivity contribution < 1.29 is 14.8 Å². The Kier molecular flexibility index (Phi) is 5.70. The van der Waals surface area contributed by atoms with E-state index in [2.05, 4.69) is 9.98 Å². The van der Waals surface area contributed by atoms with E-state index in [0.29, 0.717) is 5.69 Å². The van der Waals surface area contributed by atoms with Crippen LogP contribution in [0.15, 0.2) is 57.0 Å².